The molecule has 1 N–H and O–H groups in total. The number of hydrogen-bond donors (Lipinski definition) is 1. The molecule has 2 bridgehead atoms. The van der Waals surface area contributed by atoms with Crippen LogP contribution >= 0.6 is 0 Å². The molecule has 3 rings (SSSR count). The monoisotopic (exact) mass is 322 g/mol. The van der Waals surface area contributed by atoms with Gasteiger partial charge in [-0.05, 0) is 32.1 Å². The largest absolute Gasteiger partial charge is 0.310 e. The lowest BCUT2D eigenvalue weighted by molar-refractivity contribution is 0.375. The van der Waals surface area contributed by atoms with Crippen LogP contribution in [-0.4, -0.2) is 63.1 Å². The van der Waals surface area contributed by atoms with Gasteiger partial charge in [-0.15, -0.1) is 0 Å². The predicted octanol–water partition coefficient (Wildman–Crippen LogP) is -0.280. The Kier molecular flexibility index (Phi) is 3.85. The Hall–Kier alpha value is -0.180. The maximum atomic E-state index is 12.7. The van der Waals surface area contributed by atoms with E-state index >= 15 is 0 Å². The van der Waals surface area contributed by atoms with Crippen molar-refractivity contribution in [3.8, 4) is 0 Å². The lowest BCUT2D eigenvalue weighted by atomic mass is 10.1. The summed E-state index contributed by atoms with van der Waals surface area (Å²) in [6.07, 6.45) is 3.54. The van der Waals surface area contributed by atoms with Crippen LogP contribution in [0.2, 0.25) is 0 Å². The van der Waals surface area contributed by atoms with Crippen LogP contribution in [0.25, 0.3) is 0 Å². The predicted molar refractivity (Wildman–Crippen MR) is 76.7 cm³/mol. The summed E-state index contributed by atoms with van der Waals surface area (Å²) in [5.41, 5.74) is 0. The van der Waals surface area contributed by atoms with Gasteiger partial charge in [0.25, 0.3) is 0 Å². The van der Waals surface area contributed by atoms with E-state index in [1.165, 1.54) is 0 Å². The number of nitrogens with zero attached hydrogens (tertiary/aromatic N) is 1. The molecule has 0 saturated carbocycles. The average Bonchev–Trinajstić information content (AvgIpc) is 2.67. The fourth-order valence-electron chi connectivity index (χ4n) is 3.52. The third-order valence-corrected chi connectivity index (χ3v) is 8.85. The van der Waals surface area contributed by atoms with E-state index in [0.717, 1.165) is 19.3 Å². The first-order chi connectivity index (χ1) is 9.37. The van der Waals surface area contributed by atoms with Crippen molar-refractivity contribution in [2.24, 2.45) is 0 Å². The lowest BCUT2D eigenvalue weighted by Gasteiger charge is -2.30. The zero-order valence-corrected chi connectivity index (χ0v) is 13.1. The van der Waals surface area contributed by atoms with Gasteiger partial charge in [-0.1, -0.05) is 0 Å². The summed E-state index contributed by atoms with van der Waals surface area (Å²) in [6, 6.07) is 0.719. The summed E-state index contributed by atoms with van der Waals surface area (Å²) in [6.45, 7) is 1.11. The van der Waals surface area contributed by atoms with Crippen LogP contribution in [0.5, 0.6) is 0 Å². The van der Waals surface area contributed by atoms with Crippen LogP contribution in [0.4, 0.5) is 0 Å². The minimum absolute atomic E-state index is 0.00897. The molecule has 20 heavy (non-hydrogen) atoms. The van der Waals surface area contributed by atoms with Crippen LogP contribution in [-0.2, 0) is 19.9 Å². The molecule has 0 aromatic carbocycles. The molecule has 3 heterocycles. The third-order valence-electron chi connectivity index (χ3n) is 4.77. The van der Waals surface area contributed by atoms with Crippen LogP contribution in [0.15, 0.2) is 0 Å². The van der Waals surface area contributed by atoms with E-state index in [2.05, 4.69) is 5.32 Å². The van der Waals surface area contributed by atoms with Crippen molar-refractivity contribution < 1.29 is 16.8 Å². The molecule has 3 fully saturated rings. The van der Waals surface area contributed by atoms with Crippen LogP contribution < -0.4 is 5.32 Å². The van der Waals surface area contributed by atoms with Gasteiger partial charge in [-0.3, -0.25) is 0 Å². The van der Waals surface area contributed by atoms with Crippen molar-refractivity contribution in [2.45, 2.75) is 49.4 Å². The summed E-state index contributed by atoms with van der Waals surface area (Å²) >= 11 is 0. The van der Waals surface area contributed by atoms with Crippen molar-refractivity contribution >= 4 is 19.9 Å². The second-order valence-electron chi connectivity index (χ2n) is 6.18. The highest BCUT2D eigenvalue weighted by Crippen LogP contribution is 2.27. The minimum Gasteiger partial charge on any atom is -0.310 e. The summed E-state index contributed by atoms with van der Waals surface area (Å²) in [7, 11) is -6.37. The summed E-state index contributed by atoms with van der Waals surface area (Å²) in [5.74, 6) is 0.0179. The summed E-state index contributed by atoms with van der Waals surface area (Å²) in [5, 5.41) is 2.96. The molecule has 3 aliphatic rings. The van der Waals surface area contributed by atoms with Crippen molar-refractivity contribution in [1.82, 2.24) is 9.62 Å². The number of fused-ring (bicyclic) bond motifs is 2. The topological polar surface area (TPSA) is 83.5 Å². The Morgan fingerprint density at radius 3 is 2.30 bits per heavy atom. The van der Waals surface area contributed by atoms with Gasteiger partial charge in [0, 0.05) is 25.2 Å². The highest BCUT2D eigenvalue weighted by Gasteiger charge is 2.40. The van der Waals surface area contributed by atoms with Gasteiger partial charge in [0.2, 0.25) is 10.0 Å². The molecule has 0 radical (unpaired) electrons. The van der Waals surface area contributed by atoms with Crippen molar-refractivity contribution in [3.05, 3.63) is 0 Å². The first-order valence-corrected chi connectivity index (χ1v) is 10.6. The number of nitrogens with one attached hydrogen (secondary N) is 1. The molecule has 3 saturated heterocycles. The Morgan fingerprint density at radius 1 is 0.950 bits per heavy atom. The molecule has 0 aliphatic carbocycles. The molecule has 3 aliphatic heterocycles. The minimum atomic E-state index is -3.35. The quantitative estimate of drug-likeness (QED) is 0.756. The van der Waals surface area contributed by atoms with Gasteiger partial charge < -0.3 is 5.32 Å². The average molecular weight is 322 g/mol. The number of sulfonamides is 1. The van der Waals surface area contributed by atoms with Crippen molar-refractivity contribution in [1.29, 1.82) is 0 Å². The Labute approximate surface area is 120 Å². The normalized spacial score (nSPS) is 35.8. The SMILES string of the molecule is O=S1(=O)CCC(S(=O)(=O)N2CCC3CCC(C2)N3)CC1. The number of rotatable bonds is 2. The smallest absolute Gasteiger partial charge is 0.217 e. The van der Waals surface area contributed by atoms with E-state index in [0.29, 0.717) is 19.1 Å². The van der Waals surface area contributed by atoms with Crippen molar-refractivity contribution in [2.75, 3.05) is 24.6 Å². The molecule has 0 aromatic rings. The van der Waals surface area contributed by atoms with Gasteiger partial charge in [0.15, 0.2) is 0 Å². The zero-order valence-electron chi connectivity index (χ0n) is 11.5. The maximum Gasteiger partial charge on any atom is 0.217 e. The standard InChI is InChI=1S/C12H22N2O4S2/c15-19(16)7-4-12(5-8-19)20(17,18)14-6-3-10-1-2-11(9-14)13-10/h10-13H,1-9H2. The number of sulfone groups is 1. The highest BCUT2D eigenvalue weighted by atomic mass is 32.2. The molecule has 0 spiro atoms. The molecule has 2 unspecified atom stereocenters. The zero-order chi connectivity index (χ0) is 14.4. The second kappa shape index (κ2) is 5.23. The maximum absolute atomic E-state index is 12.7. The van der Waals surface area contributed by atoms with Crippen molar-refractivity contribution in [3.63, 3.8) is 0 Å². The molecule has 0 amide bonds. The molecule has 2 atom stereocenters. The van der Waals surface area contributed by atoms with Crippen LogP contribution in [0.3, 0.4) is 0 Å². The highest BCUT2D eigenvalue weighted by molar-refractivity contribution is 7.92. The second-order valence-corrected chi connectivity index (χ2v) is 10.7. The summed E-state index contributed by atoms with van der Waals surface area (Å²) < 4.78 is 49.9. The van der Waals surface area contributed by atoms with E-state index in [1.54, 1.807) is 4.31 Å². The fourth-order valence-corrected chi connectivity index (χ4v) is 7.31. The Balaban J connectivity index is 1.72. The van der Waals surface area contributed by atoms with Gasteiger partial charge >= 0.3 is 0 Å². The Morgan fingerprint density at radius 2 is 1.60 bits per heavy atom. The van der Waals surface area contributed by atoms with E-state index in [9.17, 15) is 16.8 Å². The number of hydrogen-bond acceptors (Lipinski definition) is 5. The van der Waals surface area contributed by atoms with E-state index < -0.39 is 25.1 Å². The summed E-state index contributed by atoms with van der Waals surface area (Å²) in [4.78, 5) is 0. The van der Waals surface area contributed by atoms with Gasteiger partial charge in [0.05, 0.1) is 16.8 Å². The third kappa shape index (κ3) is 2.88. The first kappa shape index (κ1) is 14.7. The van der Waals surface area contributed by atoms with Gasteiger partial charge in [-0.25, -0.2) is 21.1 Å². The molecule has 116 valence electrons. The van der Waals surface area contributed by atoms with E-state index in [4.69, 9.17) is 0 Å². The first-order valence-electron chi connectivity index (χ1n) is 7.32. The van der Waals surface area contributed by atoms with E-state index in [-0.39, 0.29) is 30.4 Å². The van der Waals surface area contributed by atoms with Crippen LogP contribution in [0.1, 0.15) is 32.1 Å². The molecule has 0 aromatic heterocycles. The van der Waals surface area contributed by atoms with Gasteiger partial charge in [0.1, 0.15) is 9.84 Å². The Bertz CT molecular complexity index is 558. The molecule has 8 heteroatoms. The molecular weight excluding hydrogens is 300 g/mol. The van der Waals surface area contributed by atoms with Crippen LogP contribution in [0, 0.1) is 0 Å². The fraction of sp³-hybridized carbons (Fsp3) is 1.00. The van der Waals surface area contributed by atoms with E-state index in [1.807, 2.05) is 0 Å². The molecule has 6 nitrogen and oxygen atoms in total. The van der Waals surface area contributed by atoms with Gasteiger partial charge in [-0.2, -0.15) is 0 Å². The lowest BCUT2D eigenvalue weighted by Crippen LogP contribution is -2.45. The molecular formula is C12H22N2O4S2.